The van der Waals surface area contributed by atoms with Crippen LogP contribution >= 0.6 is 0 Å². The van der Waals surface area contributed by atoms with Crippen LogP contribution in [0.4, 0.5) is 0 Å². The van der Waals surface area contributed by atoms with Crippen LogP contribution in [0.15, 0.2) is 22.6 Å². The molecule has 1 heterocycles. The van der Waals surface area contributed by atoms with Crippen LogP contribution in [0.1, 0.15) is 38.0 Å². The lowest BCUT2D eigenvalue weighted by Crippen LogP contribution is -1.91. The Hall–Kier alpha value is -1.44. The lowest BCUT2D eigenvalue weighted by Gasteiger charge is -2.05. The normalized spacial score (nSPS) is 11.3. The zero-order valence-corrected chi connectivity index (χ0v) is 10.3. The van der Waals surface area contributed by atoms with Gasteiger partial charge in [-0.25, -0.2) is 0 Å². The lowest BCUT2D eigenvalue weighted by atomic mass is 9.98. The van der Waals surface area contributed by atoms with Crippen molar-refractivity contribution in [2.45, 2.75) is 33.1 Å². The molecule has 0 N–H and O–H groups in total. The predicted octanol–water partition coefficient (Wildman–Crippen LogP) is 4.13. The van der Waals surface area contributed by atoms with Gasteiger partial charge in [-0.05, 0) is 24.1 Å². The second-order valence-corrected chi connectivity index (χ2v) is 4.31. The molecule has 0 unspecified atom stereocenters. The number of benzene rings is 1. The Kier molecular flexibility index (Phi) is 2.90. The highest BCUT2D eigenvalue weighted by Gasteiger charge is 2.16. The van der Waals surface area contributed by atoms with Crippen LogP contribution in [-0.4, -0.2) is 7.11 Å². The van der Waals surface area contributed by atoms with E-state index in [0.29, 0.717) is 5.92 Å². The number of furan rings is 1. The van der Waals surface area contributed by atoms with Gasteiger partial charge >= 0.3 is 0 Å². The summed E-state index contributed by atoms with van der Waals surface area (Å²) in [6.45, 7) is 6.52. The lowest BCUT2D eigenvalue weighted by molar-refractivity contribution is 0.415. The summed E-state index contributed by atoms with van der Waals surface area (Å²) >= 11 is 0. The molecule has 0 saturated heterocycles. The molecule has 0 aliphatic heterocycles. The zero-order valence-electron chi connectivity index (χ0n) is 10.3. The summed E-state index contributed by atoms with van der Waals surface area (Å²) in [6, 6.07) is 5.99. The van der Waals surface area contributed by atoms with Crippen molar-refractivity contribution in [2.24, 2.45) is 0 Å². The van der Waals surface area contributed by atoms with Crippen LogP contribution in [0.3, 0.4) is 0 Å². The first-order chi connectivity index (χ1) is 7.67. The first-order valence-corrected chi connectivity index (χ1v) is 5.76. The second-order valence-electron chi connectivity index (χ2n) is 4.31. The van der Waals surface area contributed by atoms with Gasteiger partial charge in [0, 0.05) is 17.4 Å². The van der Waals surface area contributed by atoms with Crippen LogP contribution in [0.25, 0.3) is 11.0 Å². The minimum absolute atomic E-state index is 0.475. The van der Waals surface area contributed by atoms with Crippen molar-refractivity contribution in [1.82, 2.24) is 0 Å². The topological polar surface area (TPSA) is 22.4 Å². The maximum Gasteiger partial charge on any atom is 0.134 e. The molecule has 0 amide bonds. The number of ether oxygens (including phenoxy) is 1. The van der Waals surface area contributed by atoms with Crippen molar-refractivity contribution >= 4 is 11.0 Å². The first-order valence-electron chi connectivity index (χ1n) is 5.76. The number of hydrogen-bond acceptors (Lipinski definition) is 2. The largest absolute Gasteiger partial charge is 0.497 e. The Balaban J connectivity index is 2.70. The molecule has 0 atom stereocenters. The summed E-state index contributed by atoms with van der Waals surface area (Å²) in [7, 11) is 1.69. The van der Waals surface area contributed by atoms with Gasteiger partial charge in [0.15, 0.2) is 0 Å². The predicted molar refractivity (Wildman–Crippen MR) is 66.2 cm³/mol. The molecule has 0 aliphatic carbocycles. The fraction of sp³-hybridized carbons (Fsp3) is 0.429. The molecule has 1 aromatic heterocycles. The van der Waals surface area contributed by atoms with E-state index in [1.54, 1.807) is 7.11 Å². The smallest absolute Gasteiger partial charge is 0.134 e. The second kappa shape index (κ2) is 4.20. The Morgan fingerprint density at radius 2 is 2.06 bits per heavy atom. The van der Waals surface area contributed by atoms with E-state index in [0.717, 1.165) is 23.5 Å². The van der Waals surface area contributed by atoms with E-state index in [1.807, 2.05) is 12.1 Å². The molecule has 2 aromatic rings. The Morgan fingerprint density at radius 3 is 2.62 bits per heavy atom. The van der Waals surface area contributed by atoms with Gasteiger partial charge in [0.2, 0.25) is 0 Å². The Labute approximate surface area is 96.2 Å². The summed E-state index contributed by atoms with van der Waals surface area (Å²) in [5.41, 5.74) is 2.28. The van der Waals surface area contributed by atoms with Crippen LogP contribution in [0.5, 0.6) is 5.75 Å². The van der Waals surface area contributed by atoms with Gasteiger partial charge in [-0.1, -0.05) is 20.8 Å². The van der Waals surface area contributed by atoms with E-state index in [4.69, 9.17) is 9.15 Å². The molecule has 2 heteroatoms. The van der Waals surface area contributed by atoms with E-state index in [-0.39, 0.29) is 0 Å². The highest BCUT2D eigenvalue weighted by Crippen LogP contribution is 2.34. The Morgan fingerprint density at radius 1 is 1.31 bits per heavy atom. The minimum Gasteiger partial charge on any atom is -0.497 e. The fourth-order valence-electron chi connectivity index (χ4n) is 2.17. The van der Waals surface area contributed by atoms with E-state index < -0.39 is 0 Å². The van der Waals surface area contributed by atoms with Gasteiger partial charge in [-0.15, -0.1) is 0 Å². The summed E-state index contributed by atoms with van der Waals surface area (Å²) in [4.78, 5) is 0. The third kappa shape index (κ3) is 1.69. The molecule has 0 fully saturated rings. The fourth-order valence-corrected chi connectivity index (χ4v) is 2.17. The number of aryl methyl sites for hydroxylation is 1. The number of hydrogen-bond donors (Lipinski definition) is 0. The summed E-state index contributed by atoms with van der Waals surface area (Å²) in [5.74, 6) is 2.46. The molecule has 0 saturated carbocycles. The number of fused-ring (bicyclic) bond motifs is 1. The summed E-state index contributed by atoms with van der Waals surface area (Å²) < 4.78 is 11.1. The van der Waals surface area contributed by atoms with Crippen molar-refractivity contribution < 1.29 is 9.15 Å². The van der Waals surface area contributed by atoms with Gasteiger partial charge in [-0.3, -0.25) is 0 Å². The van der Waals surface area contributed by atoms with Gasteiger partial charge in [0.05, 0.1) is 7.11 Å². The Bertz CT molecular complexity index is 495. The van der Waals surface area contributed by atoms with Crippen molar-refractivity contribution in [3.05, 3.63) is 29.5 Å². The summed E-state index contributed by atoms with van der Waals surface area (Å²) in [6.07, 6.45) is 0.935. The molecular weight excluding hydrogens is 200 g/mol. The van der Waals surface area contributed by atoms with Crippen LogP contribution in [-0.2, 0) is 6.42 Å². The maximum absolute atomic E-state index is 5.85. The van der Waals surface area contributed by atoms with E-state index in [1.165, 1.54) is 10.9 Å². The monoisotopic (exact) mass is 218 g/mol. The number of methoxy groups -OCH3 is 1. The SMILES string of the molecule is CCc1oc2ccc(OC)cc2c1C(C)C. The van der Waals surface area contributed by atoms with Gasteiger partial charge in [0.25, 0.3) is 0 Å². The van der Waals surface area contributed by atoms with Crippen molar-refractivity contribution in [1.29, 1.82) is 0 Å². The highest BCUT2D eigenvalue weighted by molar-refractivity contribution is 5.84. The molecule has 0 bridgehead atoms. The molecule has 2 nitrogen and oxygen atoms in total. The zero-order chi connectivity index (χ0) is 11.7. The quantitative estimate of drug-likeness (QED) is 0.773. The maximum atomic E-state index is 5.85. The van der Waals surface area contributed by atoms with Gasteiger partial charge in [0.1, 0.15) is 17.1 Å². The molecule has 2 rings (SSSR count). The van der Waals surface area contributed by atoms with Crippen molar-refractivity contribution in [3.8, 4) is 5.75 Å². The van der Waals surface area contributed by atoms with E-state index in [2.05, 4.69) is 26.8 Å². The van der Waals surface area contributed by atoms with Crippen LogP contribution in [0.2, 0.25) is 0 Å². The third-order valence-electron chi connectivity index (χ3n) is 2.91. The van der Waals surface area contributed by atoms with E-state index in [9.17, 15) is 0 Å². The molecule has 0 spiro atoms. The average Bonchev–Trinajstić information content (AvgIpc) is 2.65. The molecule has 0 aliphatic rings. The molecule has 86 valence electrons. The van der Waals surface area contributed by atoms with Crippen molar-refractivity contribution in [3.63, 3.8) is 0 Å². The third-order valence-corrected chi connectivity index (χ3v) is 2.91. The molecule has 16 heavy (non-hydrogen) atoms. The number of rotatable bonds is 3. The van der Waals surface area contributed by atoms with Gasteiger partial charge < -0.3 is 9.15 Å². The van der Waals surface area contributed by atoms with Gasteiger partial charge in [-0.2, -0.15) is 0 Å². The van der Waals surface area contributed by atoms with Crippen LogP contribution in [0, 0.1) is 0 Å². The highest BCUT2D eigenvalue weighted by atomic mass is 16.5. The molecule has 0 radical (unpaired) electrons. The minimum atomic E-state index is 0.475. The average molecular weight is 218 g/mol. The van der Waals surface area contributed by atoms with Crippen molar-refractivity contribution in [2.75, 3.05) is 7.11 Å². The summed E-state index contributed by atoms with van der Waals surface area (Å²) in [5, 5.41) is 1.19. The first kappa shape index (κ1) is 11.1. The van der Waals surface area contributed by atoms with Crippen LogP contribution < -0.4 is 4.74 Å². The molecular formula is C14H18O2. The van der Waals surface area contributed by atoms with E-state index >= 15 is 0 Å². The molecule has 1 aromatic carbocycles. The standard InChI is InChI=1S/C14H18O2/c1-5-12-14(9(2)3)11-8-10(15-4)6-7-13(11)16-12/h6-9H,5H2,1-4H3.